The van der Waals surface area contributed by atoms with Crippen LogP contribution in [0.4, 0.5) is 15.8 Å². The second-order valence-corrected chi connectivity index (χ2v) is 6.71. The van der Waals surface area contributed by atoms with E-state index in [9.17, 15) is 9.18 Å². The number of carbonyl (C=O) groups excluding carboxylic acids is 1. The number of nitrogens with zero attached hydrogens (tertiary/aromatic N) is 1. The minimum absolute atomic E-state index is 0.102. The highest BCUT2D eigenvalue weighted by molar-refractivity contribution is 8.00. The normalized spacial score (nSPS) is 16.0. The molecule has 1 unspecified atom stereocenters. The van der Waals surface area contributed by atoms with Crippen molar-refractivity contribution in [2.24, 2.45) is 0 Å². The number of likely N-dealkylation sites (N-methyl/N-ethyl adjacent to an activating group) is 1. The van der Waals surface area contributed by atoms with E-state index in [0.717, 1.165) is 28.6 Å². The SMILES string of the molecule is CCN1c2cc(F)ccc2SC1COc1ccc(NC(C)=O)cc1. The molecular formula is C18H19FN2O2S. The Morgan fingerprint density at radius 1 is 1.29 bits per heavy atom. The fourth-order valence-electron chi connectivity index (χ4n) is 2.68. The highest BCUT2D eigenvalue weighted by Gasteiger charge is 2.29. The molecule has 4 nitrogen and oxygen atoms in total. The third-order valence-corrected chi connectivity index (χ3v) is 5.01. The van der Waals surface area contributed by atoms with Gasteiger partial charge in [0.2, 0.25) is 5.91 Å². The van der Waals surface area contributed by atoms with Crippen molar-refractivity contribution in [2.45, 2.75) is 24.1 Å². The Morgan fingerprint density at radius 3 is 2.71 bits per heavy atom. The number of amides is 1. The number of anilines is 2. The molecule has 24 heavy (non-hydrogen) atoms. The van der Waals surface area contributed by atoms with E-state index in [2.05, 4.69) is 17.1 Å². The Hall–Kier alpha value is -2.21. The smallest absolute Gasteiger partial charge is 0.221 e. The van der Waals surface area contributed by atoms with Gasteiger partial charge in [-0.3, -0.25) is 4.79 Å². The predicted octanol–water partition coefficient (Wildman–Crippen LogP) is 4.12. The maximum atomic E-state index is 13.5. The topological polar surface area (TPSA) is 41.6 Å². The van der Waals surface area contributed by atoms with Crippen molar-refractivity contribution < 1.29 is 13.9 Å². The zero-order valence-corrected chi connectivity index (χ0v) is 14.4. The number of hydrogen-bond acceptors (Lipinski definition) is 4. The second kappa shape index (κ2) is 7.13. The summed E-state index contributed by atoms with van der Waals surface area (Å²) in [5, 5.41) is 2.83. The average molecular weight is 346 g/mol. The Bertz CT molecular complexity index is 736. The molecule has 1 amide bonds. The largest absolute Gasteiger partial charge is 0.491 e. The fourth-order valence-corrected chi connectivity index (χ4v) is 3.95. The maximum absolute atomic E-state index is 13.5. The summed E-state index contributed by atoms with van der Waals surface area (Å²) < 4.78 is 19.4. The number of carbonyl (C=O) groups is 1. The summed E-state index contributed by atoms with van der Waals surface area (Å²) in [6.45, 7) is 4.81. The van der Waals surface area contributed by atoms with E-state index >= 15 is 0 Å². The molecule has 126 valence electrons. The van der Waals surface area contributed by atoms with Gasteiger partial charge in [0.15, 0.2) is 0 Å². The van der Waals surface area contributed by atoms with E-state index in [4.69, 9.17) is 4.74 Å². The number of nitrogens with one attached hydrogen (secondary N) is 1. The summed E-state index contributed by atoms with van der Waals surface area (Å²) in [5.74, 6) is 0.417. The van der Waals surface area contributed by atoms with Crippen LogP contribution < -0.4 is 15.0 Å². The van der Waals surface area contributed by atoms with Crippen molar-refractivity contribution >= 4 is 29.0 Å². The number of halogens is 1. The number of benzene rings is 2. The first-order chi connectivity index (χ1) is 11.6. The molecule has 1 N–H and O–H groups in total. The molecule has 6 heteroatoms. The van der Waals surface area contributed by atoms with Crippen LogP contribution in [0.3, 0.4) is 0 Å². The number of rotatable bonds is 5. The van der Waals surface area contributed by atoms with E-state index in [-0.39, 0.29) is 17.1 Å². The minimum atomic E-state index is -0.220. The first-order valence-corrected chi connectivity index (χ1v) is 8.68. The molecule has 1 atom stereocenters. The lowest BCUT2D eigenvalue weighted by molar-refractivity contribution is -0.114. The van der Waals surface area contributed by atoms with E-state index in [0.29, 0.717) is 6.61 Å². The quantitative estimate of drug-likeness (QED) is 0.884. The van der Waals surface area contributed by atoms with Crippen LogP contribution in [0.25, 0.3) is 0 Å². The van der Waals surface area contributed by atoms with Crippen LogP contribution in [0.5, 0.6) is 5.75 Å². The molecule has 0 bridgehead atoms. The summed E-state index contributed by atoms with van der Waals surface area (Å²) in [6.07, 6.45) is 0. The van der Waals surface area contributed by atoms with Crippen molar-refractivity contribution in [3.8, 4) is 5.75 Å². The van der Waals surface area contributed by atoms with Crippen molar-refractivity contribution in [3.63, 3.8) is 0 Å². The van der Waals surface area contributed by atoms with Gasteiger partial charge in [-0.25, -0.2) is 4.39 Å². The van der Waals surface area contributed by atoms with Crippen LogP contribution in [0.1, 0.15) is 13.8 Å². The van der Waals surface area contributed by atoms with Gasteiger partial charge < -0.3 is 15.0 Å². The molecule has 1 aliphatic rings. The lowest BCUT2D eigenvalue weighted by Crippen LogP contribution is -2.33. The lowest BCUT2D eigenvalue weighted by atomic mass is 10.2. The number of ether oxygens (including phenoxy) is 1. The molecule has 0 spiro atoms. The minimum Gasteiger partial charge on any atom is -0.491 e. The Labute approximate surface area is 145 Å². The van der Waals surface area contributed by atoms with Gasteiger partial charge in [0, 0.05) is 24.1 Å². The van der Waals surface area contributed by atoms with Crippen LogP contribution >= 0.6 is 11.8 Å². The average Bonchev–Trinajstić information content (AvgIpc) is 2.90. The van der Waals surface area contributed by atoms with Crippen LogP contribution in [0, 0.1) is 5.82 Å². The van der Waals surface area contributed by atoms with Crippen LogP contribution in [-0.4, -0.2) is 24.4 Å². The summed E-state index contributed by atoms with van der Waals surface area (Å²) in [6, 6.07) is 12.2. The Balaban J connectivity index is 1.63. The van der Waals surface area contributed by atoms with Crippen molar-refractivity contribution in [1.29, 1.82) is 0 Å². The third kappa shape index (κ3) is 3.64. The van der Waals surface area contributed by atoms with Crippen molar-refractivity contribution in [1.82, 2.24) is 0 Å². The fraction of sp³-hybridized carbons (Fsp3) is 0.278. The molecule has 2 aromatic rings. The molecule has 1 aliphatic heterocycles. The molecule has 0 aromatic heterocycles. The molecule has 3 rings (SSSR count). The van der Waals surface area contributed by atoms with Gasteiger partial charge in [-0.2, -0.15) is 0 Å². The monoisotopic (exact) mass is 346 g/mol. The van der Waals surface area contributed by atoms with E-state index in [1.54, 1.807) is 30.0 Å². The highest BCUT2D eigenvalue weighted by atomic mass is 32.2. The Kier molecular flexibility index (Phi) is 4.94. The molecule has 0 radical (unpaired) electrons. The third-order valence-electron chi connectivity index (χ3n) is 3.75. The summed E-state index contributed by atoms with van der Waals surface area (Å²) in [5.41, 5.74) is 1.67. The van der Waals surface area contributed by atoms with Gasteiger partial charge in [0.1, 0.15) is 23.5 Å². The van der Waals surface area contributed by atoms with Gasteiger partial charge in [0.05, 0.1) is 5.69 Å². The van der Waals surface area contributed by atoms with Gasteiger partial charge in [-0.1, -0.05) is 11.8 Å². The number of fused-ring (bicyclic) bond motifs is 1. The molecule has 0 fully saturated rings. The highest BCUT2D eigenvalue weighted by Crippen LogP contribution is 2.43. The van der Waals surface area contributed by atoms with Gasteiger partial charge in [-0.15, -0.1) is 0 Å². The maximum Gasteiger partial charge on any atom is 0.221 e. The standard InChI is InChI=1S/C18H19FN2O2S/c1-3-21-16-10-13(19)4-9-17(16)24-18(21)11-23-15-7-5-14(6-8-15)20-12(2)22/h4-10,18H,3,11H2,1-2H3,(H,20,22). The molecule has 2 aromatic carbocycles. The van der Waals surface area contributed by atoms with E-state index < -0.39 is 0 Å². The summed E-state index contributed by atoms with van der Waals surface area (Å²) >= 11 is 1.69. The van der Waals surface area contributed by atoms with Crippen molar-refractivity contribution in [3.05, 3.63) is 48.3 Å². The van der Waals surface area contributed by atoms with Crippen LogP contribution in [0.15, 0.2) is 47.4 Å². The van der Waals surface area contributed by atoms with Crippen LogP contribution in [0.2, 0.25) is 0 Å². The van der Waals surface area contributed by atoms with E-state index in [1.165, 1.54) is 13.0 Å². The van der Waals surface area contributed by atoms with Gasteiger partial charge >= 0.3 is 0 Å². The first kappa shape index (κ1) is 16.6. The summed E-state index contributed by atoms with van der Waals surface area (Å²) in [4.78, 5) is 14.2. The van der Waals surface area contributed by atoms with E-state index in [1.807, 2.05) is 18.2 Å². The molecule has 0 saturated carbocycles. The van der Waals surface area contributed by atoms with Gasteiger partial charge in [0.25, 0.3) is 0 Å². The Morgan fingerprint density at radius 2 is 2.04 bits per heavy atom. The molecule has 1 heterocycles. The molecular weight excluding hydrogens is 327 g/mol. The number of thioether (sulfide) groups is 1. The predicted molar refractivity (Wildman–Crippen MR) is 95.3 cm³/mol. The van der Waals surface area contributed by atoms with Crippen molar-refractivity contribution in [2.75, 3.05) is 23.4 Å². The number of hydrogen-bond donors (Lipinski definition) is 1. The van der Waals surface area contributed by atoms with Gasteiger partial charge in [-0.05, 0) is 49.4 Å². The molecule has 0 saturated heterocycles. The lowest BCUT2D eigenvalue weighted by Gasteiger charge is -2.25. The van der Waals surface area contributed by atoms with Crippen LogP contribution in [-0.2, 0) is 4.79 Å². The zero-order valence-electron chi connectivity index (χ0n) is 13.6. The molecule has 0 aliphatic carbocycles. The first-order valence-electron chi connectivity index (χ1n) is 7.80. The zero-order chi connectivity index (χ0) is 17.1. The summed E-state index contributed by atoms with van der Waals surface area (Å²) in [7, 11) is 0. The second-order valence-electron chi connectivity index (χ2n) is 5.49.